The van der Waals surface area contributed by atoms with Crippen LogP contribution in [0.15, 0.2) is 12.3 Å². The average molecular weight is 259 g/mol. The minimum atomic E-state index is 0.0412. The normalized spacial score (nSPS) is 16.9. The van der Waals surface area contributed by atoms with E-state index in [4.69, 9.17) is 5.73 Å². The van der Waals surface area contributed by atoms with Crippen molar-refractivity contribution in [1.82, 2.24) is 19.9 Å². The Bertz CT molecular complexity index is 627. The number of aromatic nitrogens is 3. The third-order valence-corrected chi connectivity index (χ3v) is 3.62. The number of piperidine rings is 1. The highest BCUT2D eigenvalue weighted by atomic mass is 16.1. The number of aryl methyl sites for hydroxylation is 1. The number of nitrogen functional groups attached to an aromatic ring is 1. The molecule has 0 radical (unpaired) electrons. The number of rotatable bonds is 2. The zero-order chi connectivity index (χ0) is 13.4. The second-order valence-electron chi connectivity index (χ2n) is 5.00. The first kappa shape index (κ1) is 12.1. The number of hydrogen-bond donors (Lipinski definition) is 2. The number of carbonyl (C=O) groups is 1. The van der Waals surface area contributed by atoms with Gasteiger partial charge in [-0.3, -0.25) is 4.79 Å². The van der Waals surface area contributed by atoms with Crippen LogP contribution in [0.2, 0.25) is 0 Å². The Morgan fingerprint density at radius 1 is 1.47 bits per heavy atom. The molecular formula is C13H17N5O. The van der Waals surface area contributed by atoms with Crippen molar-refractivity contribution in [3.8, 4) is 0 Å². The molecule has 0 aliphatic carbocycles. The summed E-state index contributed by atoms with van der Waals surface area (Å²) in [4.78, 5) is 16.7. The first-order valence-electron chi connectivity index (χ1n) is 6.52. The molecule has 6 nitrogen and oxygen atoms in total. The van der Waals surface area contributed by atoms with Crippen molar-refractivity contribution in [2.45, 2.75) is 19.8 Å². The second kappa shape index (κ2) is 4.62. The smallest absolute Gasteiger partial charge is 0.171 e. The molecule has 1 aliphatic rings. The summed E-state index contributed by atoms with van der Waals surface area (Å²) in [5.41, 5.74) is 8.07. The summed E-state index contributed by atoms with van der Waals surface area (Å²) in [6, 6.07) is 1.84. The minimum Gasteiger partial charge on any atom is -0.383 e. The van der Waals surface area contributed by atoms with Crippen LogP contribution >= 0.6 is 0 Å². The Morgan fingerprint density at radius 3 is 2.95 bits per heavy atom. The van der Waals surface area contributed by atoms with Crippen LogP contribution in [0, 0.1) is 12.8 Å². The van der Waals surface area contributed by atoms with Gasteiger partial charge in [0.15, 0.2) is 11.4 Å². The van der Waals surface area contributed by atoms with Crippen LogP contribution < -0.4 is 11.1 Å². The van der Waals surface area contributed by atoms with Gasteiger partial charge in [0.2, 0.25) is 0 Å². The maximum Gasteiger partial charge on any atom is 0.171 e. The molecule has 2 aromatic rings. The average Bonchev–Trinajstić information content (AvgIpc) is 2.81. The standard InChI is InChI=1S/C13H17N5O/c1-8-6-11-16-7-10(13(14)18(11)17-8)12(19)9-2-4-15-5-3-9/h6-7,9,15H,2-5,14H2,1H3. The molecule has 0 atom stereocenters. The number of carbonyl (C=O) groups excluding carboxylic acids is 1. The maximum atomic E-state index is 12.5. The Kier molecular flexibility index (Phi) is 2.94. The number of anilines is 1. The van der Waals surface area contributed by atoms with Crippen LogP contribution in [0.5, 0.6) is 0 Å². The van der Waals surface area contributed by atoms with Gasteiger partial charge in [-0.1, -0.05) is 0 Å². The Labute approximate surface area is 111 Å². The van der Waals surface area contributed by atoms with E-state index in [1.807, 2.05) is 13.0 Å². The fourth-order valence-electron chi connectivity index (χ4n) is 2.56. The van der Waals surface area contributed by atoms with Crippen LogP contribution in [0.3, 0.4) is 0 Å². The zero-order valence-electron chi connectivity index (χ0n) is 10.9. The summed E-state index contributed by atoms with van der Waals surface area (Å²) >= 11 is 0. The van der Waals surface area contributed by atoms with Crippen molar-refractivity contribution in [3.05, 3.63) is 23.5 Å². The molecule has 0 amide bonds. The van der Waals surface area contributed by atoms with Crippen molar-refractivity contribution in [2.75, 3.05) is 18.8 Å². The van der Waals surface area contributed by atoms with Gasteiger partial charge in [-0.15, -0.1) is 0 Å². The van der Waals surface area contributed by atoms with Gasteiger partial charge in [0.1, 0.15) is 5.82 Å². The van der Waals surface area contributed by atoms with Gasteiger partial charge in [0.05, 0.1) is 11.3 Å². The van der Waals surface area contributed by atoms with Crippen molar-refractivity contribution in [1.29, 1.82) is 0 Å². The van der Waals surface area contributed by atoms with Crippen LogP contribution in [0.4, 0.5) is 5.82 Å². The number of ketones is 1. The number of nitrogens with zero attached hydrogens (tertiary/aromatic N) is 3. The first-order chi connectivity index (χ1) is 9.16. The van der Waals surface area contributed by atoms with Crippen LogP contribution in [0.1, 0.15) is 28.9 Å². The van der Waals surface area contributed by atoms with E-state index in [9.17, 15) is 4.79 Å². The van der Waals surface area contributed by atoms with E-state index >= 15 is 0 Å². The first-order valence-corrected chi connectivity index (χ1v) is 6.52. The van der Waals surface area contributed by atoms with Gasteiger partial charge in [-0.05, 0) is 32.9 Å². The summed E-state index contributed by atoms with van der Waals surface area (Å²) in [6.07, 6.45) is 3.29. The van der Waals surface area contributed by atoms with Gasteiger partial charge in [0.25, 0.3) is 0 Å². The lowest BCUT2D eigenvalue weighted by Gasteiger charge is -2.21. The Hall–Kier alpha value is -1.95. The maximum absolute atomic E-state index is 12.5. The molecule has 1 saturated heterocycles. The summed E-state index contributed by atoms with van der Waals surface area (Å²) in [7, 11) is 0. The summed E-state index contributed by atoms with van der Waals surface area (Å²) in [5, 5.41) is 7.52. The highest BCUT2D eigenvalue weighted by molar-refractivity contribution is 6.01. The molecule has 19 heavy (non-hydrogen) atoms. The molecular weight excluding hydrogens is 242 g/mol. The highest BCUT2D eigenvalue weighted by Gasteiger charge is 2.25. The van der Waals surface area contributed by atoms with E-state index in [-0.39, 0.29) is 11.7 Å². The van der Waals surface area contributed by atoms with Gasteiger partial charge in [-0.25, -0.2) is 4.98 Å². The number of nitrogens with one attached hydrogen (secondary N) is 1. The van der Waals surface area contributed by atoms with Crippen molar-refractivity contribution >= 4 is 17.2 Å². The van der Waals surface area contributed by atoms with Gasteiger partial charge >= 0.3 is 0 Å². The molecule has 3 rings (SSSR count). The molecule has 0 unspecified atom stereocenters. The molecule has 3 N–H and O–H groups in total. The number of Topliss-reactive ketones (excluding diaryl/α,β-unsaturated/α-hetero) is 1. The van der Waals surface area contributed by atoms with E-state index in [2.05, 4.69) is 15.4 Å². The Morgan fingerprint density at radius 2 is 2.21 bits per heavy atom. The number of nitrogens with two attached hydrogens (primary N) is 1. The lowest BCUT2D eigenvalue weighted by Crippen LogP contribution is -2.32. The van der Waals surface area contributed by atoms with Crippen molar-refractivity contribution in [2.24, 2.45) is 5.92 Å². The topological polar surface area (TPSA) is 85.3 Å². The summed E-state index contributed by atoms with van der Waals surface area (Å²) in [5.74, 6) is 0.516. The summed E-state index contributed by atoms with van der Waals surface area (Å²) < 4.78 is 1.55. The third-order valence-electron chi connectivity index (χ3n) is 3.62. The SMILES string of the molecule is Cc1cc2ncc(C(=O)C3CCNCC3)c(N)n2n1. The van der Waals surface area contributed by atoms with Crippen molar-refractivity contribution in [3.63, 3.8) is 0 Å². The molecule has 0 bridgehead atoms. The minimum absolute atomic E-state index is 0.0412. The van der Waals surface area contributed by atoms with E-state index in [0.29, 0.717) is 17.0 Å². The van der Waals surface area contributed by atoms with E-state index in [0.717, 1.165) is 31.6 Å². The molecule has 6 heteroatoms. The second-order valence-corrected chi connectivity index (χ2v) is 5.00. The molecule has 1 fully saturated rings. The predicted octanol–water partition coefficient (Wildman–Crippen LogP) is 0.802. The molecule has 100 valence electrons. The number of fused-ring (bicyclic) bond motifs is 1. The zero-order valence-corrected chi connectivity index (χ0v) is 10.9. The van der Waals surface area contributed by atoms with Crippen LogP contribution in [-0.4, -0.2) is 33.5 Å². The third kappa shape index (κ3) is 2.08. The highest BCUT2D eigenvalue weighted by Crippen LogP contribution is 2.22. The van der Waals surface area contributed by atoms with Crippen molar-refractivity contribution < 1.29 is 4.79 Å². The van der Waals surface area contributed by atoms with E-state index in [1.165, 1.54) is 0 Å². The largest absolute Gasteiger partial charge is 0.383 e. The fourth-order valence-corrected chi connectivity index (χ4v) is 2.56. The van der Waals surface area contributed by atoms with E-state index < -0.39 is 0 Å². The molecule has 0 aromatic carbocycles. The lowest BCUT2D eigenvalue weighted by atomic mass is 9.90. The van der Waals surface area contributed by atoms with Crippen LogP contribution in [0.25, 0.3) is 5.65 Å². The van der Waals surface area contributed by atoms with Gasteiger partial charge < -0.3 is 11.1 Å². The quantitative estimate of drug-likeness (QED) is 0.779. The predicted molar refractivity (Wildman–Crippen MR) is 72.1 cm³/mol. The van der Waals surface area contributed by atoms with Crippen LogP contribution in [-0.2, 0) is 0 Å². The van der Waals surface area contributed by atoms with E-state index in [1.54, 1.807) is 10.7 Å². The lowest BCUT2D eigenvalue weighted by molar-refractivity contribution is 0.0895. The molecule has 0 saturated carbocycles. The van der Waals surface area contributed by atoms with Gasteiger partial charge in [0, 0.05) is 18.2 Å². The van der Waals surface area contributed by atoms with Gasteiger partial charge in [-0.2, -0.15) is 9.61 Å². The number of hydrogen-bond acceptors (Lipinski definition) is 5. The molecule has 1 aliphatic heterocycles. The summed E-state index contributed by atoms with van der Waals surface area (Å²) in [6.45, 7) is 3.64. The fraction of sp³-hybridized carbons (Fsp3) is 0.462. The molecule has 2 aromatic heterocycles. The Balaban J connectivity index is 1.99. The molecule has 3 heterocycles. The monoisotopic (exact) mass is 259 g/mol. The molecule has 0 spiro atoms.